The van der Waals surface area contributed by atoms with Crippen LogP contribution in [0.15, 0.2) is 24.3 Å². The van der Waals surface area contributed by atoms with E-state index in [1.54, 1.807) is 12.1 Å². The zero-order valence-corrected chi connectivity index (χ0v) is 17.2. The Labute approximate surface area is 164 Å². The molecule has 1 aromatic carbocycles. The van der Waals surface area contributed by atoms with Gasteiger partial charge in [0, 0.05) is 18.8 Å². The highest BCUT2D eigenvalue weighted by atomic mass is 32.2. The second kappa shape index (κ2) is 7.75. The molecule has 0 saturated carbocycles. The number of nitrogens with one attached hydrogen (secondary N) is 2. The van der Waals surface area contributed by atoms with Gasteiger partial charge in [0.1, 0.15) is 11.3 Å². The number of benzene rings is 1. The minimum atomic E-state index is -3.51. The van der Waals surface area contributed by atoms with Crippen molar-refractivity contribution >= 4 is 32.8 Å². The smallest absolute Gasteiger partial charge is 0.239 e. The quantitative estimate of drug-likeness (QED) is 0.627. The topological polar surface area (TPSA) is 88.9 Å². The molecule has 0 aliphatic rings. The Morgan fingerprint density at radius 1 is 1.14 bits per heavy atom. The first-order valence-electron chi connectivity index (χ1n) is 9.03. The fourth-order valence-corrected chi connectivity index (χ4v) is 3.56. The van der Waals surface area contributed by atoms with E-state index in [1.807, 2.05) is 13.8 Å². The zero-order valence-electron chi connectivity index (χ0n) is 16.4. The summed E-state index contributed by atoms with van der Waals surface area (Å²) in [5.74, 6) is 0.259. The molecule has 0 bridgehead atoms. The van der Waals surface area contributed by atoms with E-state index in [1.165, 1.54) is 12.1 Å². The lowest BCUT2D eigenvalue weighted by atomic mass is 10.2. The van der Waals surface area contributed by atoms with Crippen LogP contribution in [0.3, 0.4) is 0 Å². The first kappa shape index (κ1) is 20.1. The van der Waals surface area contributed by atoms with Gasteiger partial charge in [0.15, 0.2) is 5.82 Å². The van der Waals surface area contributed by atoms with E-state index in [-0.39, 0.29) is 11.8 Å². The van der Waals surface area contributed by atoms with Gasteiger partial charge < -0.3 is 9.88 Å². The molecule has 0 radical (unpaired) electrons. The summed E-state index contributed by atoms with van der Waals surface area (Å²) < 4.78 is 41.0. The van der Waals surface area contributed by atoms with Gasteiger partial charge in [-0.2, -0.15) is 4.98 Å². The van der Waals surface area contributed by atoms with Crippen LogP contribution in [0.4, 0.5) is 16.2 Å². The number of aromatic nitrogens is 3. The fourth-order valence-electron chi connectivity index (χ4n) is 3.14. The number of nitrogens with zero attached hydrogens (tertiary/aromatic N) is 3. The summed E-state index contributed by atoms with van der Waals surface area (Å²) in [4.78, 5) is 8.85. The highest BCUT2D eigenvalue weighted by Gasteiger charge is 2.19. The van der Waals surface area contributed by atoms with Gasteiger partial charge in [0.25, 0.3) is 0 Å². The first-order chi connectivity index (χ1) is 13.2. The van der Waals surface area contributed by atoms with Crippen LogP contribution < -0.4 is 10.0 Å². The molecule has 0 unspecified atom stereocenters. The molecule has 0 spiro atoms. The third kappa shape index (κ3) is 4.24. The first-order valence-corrected chi connectivity index (χ1v) is 10.9. The Kier molecular flexibility index (Phi) is 5.55. The minimum absolute atomic E-state index is 0.0216. The van der Waals surface area contributed by atoms with Crippen LogP contribution >= 0.6 is 0 Å². The number of rotatable bonds is 7. The Balaban J connectivity index is 2.10. The van der Waals surface area contributed by atoms with Crippen molar-refractivity contribution in [3.63, 3.8) is 0 Å². The van der Waals surface area contributed by atoms with Crippen molar-refractivity contribution in [2.45, 2.75) is 40.3 Å². The summed E-state index contributed by atoms with van der Waals surface area (Å²) in [7, 11) is -3.51. The number of hydrogen-bond donors (Lipinski definition) is 2. The maximum absolute atomic E-state index is 13.1. The molecule has 150 valence electrons. The number of anilines is 2. The largest absolute Gasteiger partial charge is 0.364 e. The van der Waals surface area contributed by atoms with Gasteiger partial charge in [0.05, 0.1) is 11.8 Å². The number of aryl methyl sites for hydroxylation is 2. The monoisotopic (exact) mass is 405 g/mol. The lowest BCUT2D eigenvalue weighted by Crippen LogP contribution is -2.14. The Hall–Kier alpha value is -2.68. The van der Waals surface area contributed by atoms with E-state index in [0.29, 0.717) is 17.9 Å². The molecule has 28 heavy (non-hydrogen) atoms. The van der Waals surface area contributed by atoms with E-state index in [4.69, 9.17) is 0 Å². The third-order valence-corrected chi connectivity index (χ3v) is 5.11. The van der Waals surface area contributed by atoms with Crippen LogP contribution in [-0.2, 0) is 23.1 Å². The van der Waals surface area contributed by atoms with Gasteiger partial charge in [-0.05, 0) is 43.5 Å². The van der Waals surface area contributed by atoms with Gasteiger partial charge >= 0.3 is 0 Å². The van der Waals surface area contributed by atoms with Crippen LogP contribution in [-0.4, -0.2) is 29.2 Å². The molecule has 0 saturated heterocycles. The molecule has 0 fully saturated rings. The highest BCUT2D eigenvalue weighted by molar-refractivity contribution is 7.91. The molecule has 0 aliphatic carbocycles. The maximum atomic E-state index is 13.1. The number of halogens is 1. The van der Waals surface area contributed by atoms with Gasteiger partial charge in [-0.25, -0.2) is 17.8 Å². The molecule has 2 aromatic heterocycles. The summed E-state index contributed by atoms with van der Waals surface area (Å²) in [6, 6.07) is 6.19. The van der Waals surface area contributed by atoms with Crippen molar-refractivity contribution in [3.05, 3.63) is 46.9 Å². The standard InChI is InChI=1S/C19H24FN5O2S/c1-5-10-25-13(3)12(2)16-17(25)18(23-19(22-16)24-28(4,26)27)21-11-14-6-8-15(20)9-7-14/h6-9H,5,10-11H2,1-4H3,(H2,21,22,23,24). The van der Waals surface area contributed by atoms with Crippen LogP contribution in [0.1, 0.15) is 30.2 Å². The highest BCUT2D eigenvalue weighted by Crippen LogP contribution is 2.30. The number of fused-ring (bicyclic) bond motifs is 1. The molecule has 7 nitrogen and oxygen atoms in total. The molecule has 9 heteroatoms. The number of hydrogen-bond acceptors (Lipinski definition) is 5. The van der Waals surface area contributed by atoms with Gasteiger partial charge in [-0.15, -0.1) is 0 Å². The second-order valence-electron chi connectivity index (χ2n) is 6.81. The molecule has 0 amide bonds. The predicted octanol–water partition coefficient (Wildman–Crippen LogP) is 3.58. The molecular formula is C19H24FN5O2S. The SMILES string of the molecule is CCCn1c(C)c(C)c2nc(NS(C)(=O)=O)nc(NCc3ccc(F)cc3)c21. The van der Waals surface area contributed by atoms with Crippen LogP contribution in [0, 0.1) is 19.7 Å². The Morgan fingerprint density at radius 2 is 1.82 bits per heavy atom. The normalized spacial score (nSPS) is 11.8. The molecule has 3 rings (SSSR count). The maximum Gasteiger partial charge on any atom is 0.239 e. The van der Waals surface area contributed by atoms with Crippen molar-refractivity contribution in [1.29, 1.82) is 0 Å². The fraction of sp³-hybridized carbons (Fsp3) is 0.368. The zero-order chi connectivity index (χ0) is 20.5. The van der Waals surface area contributed by atoms with E-state index in [9.17, 15) is 12.8 Å². The predicted molar refractivity (Wildman–Crippen MR) is 109 cm³/mol. The van der Waals surface area contributed by atoms with Crippen molar-refractivity contribution in [1.82, 2.24) is 14.5 Å². The number of sulfonamides is 1. The molecular weight excluding hydrogens is 381 g/mol. The summed E-state index contributed by atoms with van der Waals surface area (Å²) in [5.41, 5.74) is 4.46. The van der Waals surface area contributed by atoms with E-state index in [0.717, 1.165) is 41.6 Å². The van der Waals surface area contributed by atoms with Crippen LogP contribution in [0.2, 0.25) is 0 Å². The third-order valence-electron chi connectivity index (χ3n) is 4.55. The lowest BCUT2D eigenvalue weighted by molar-refractivity contribution is 0.606. The molecule has 0 aliphatic heterocycles. The summed E-state index contributed by atoms with van der Waals surface area (Å²) in [6.45, 7) is 7.28. The molecule has 0 atom stereocenters. The average molecular weight is 405 g/mol. The summed E-state index contributed by atoms with van der Waals surface area (Å²) >= 11 is 0. The van der Waals surface area contributed by atoms with Gasteiger partial charge in [0.2, 0.25) is 16.0 Å². The molecule has 2 heterocycles. The van der Waals surface area contributed by atoms with Crippen molar-refractivity contribution in [3.8, 4) is 0 Å². The van der Waals surface area contributed by atoms with Gasteiger partial charge in [-0.3, -0.25) is 4.72 Å². The Morgan fingerprint density at radius 3 is 2.43 bits per heavy atom. The van der Waals surface area contributed by atoms with Crippen molar-refractivity contribution in [2.24, 2.45) is 0 Å². The van der Waals surface area contributed by atoms with E-state index >= 15 is 0 Å². The Bertz CT molecular complexity index is 1110. The van der Waals surface area contributed by atoms with Gasteiger partial charge in [-0.1, -0.05) is 19.1 Å². The van der Waals surface area contributed by atoms with E-state index < -0.39 is 10.0 Å². The van der Waals surface area contributed by atoms with E-state index in [2.05, 4.69) is 31.5 Å². The minimum Gasteiger partial charge on any atom is -0.364 e. The van der Waals surface area contributed by atoms with Crippen molar-refractivity contribution in [2.75, 3.05) is 16.3 Å². The van der Waals surface area contributed by atoms with Crippen LogP contribution in [0.25, 0.3) is 11.0 Å². The molecule has 3 aromatic rings. The summed E-state index contributed by atoms with van der Waals surface area (Å²) in [6.07, 6.45) is 2.00. The molecule has 2 N–H and O–H groups in total. The van der Waals surface area contributed by atoms with Crippen molar-refractivity contribution < 1.29 is 12.8 Å². The second-order valence-corrected chi connectivity index (χ2v) is 8.56. The lowest BCUT2D eigenvalue weighted by Gasteiger charge is -2.13. The van der Waals surface area contributed by atoms with Crippen LogP contribution in [0.5, 0.6) is 0 Å². The average Bonchev–Trinajstić information content (AvgIpc) is 2.85. The summed E-state index contributed by atoms with van der Waals surface area (Å²) in [5, 5.41) is 3.26.